The van der Waals surface area contributed by atoms with Gasteiger partial charge in [0.2, 0.25) is 29.5 Å². The average molecular weight is 795 g/mol. The quantitative estimate of drug-likeness (QED) is 0.0460. The number of H-pyrrole nitrogens is 1. The maximum atomic E-state index is 14.2. The van der Waals surface area contributed by atoms with Gasteiger partial charge in [0, 0.05) is 49.1 Å². The summed E-state index contributed by atoms with van der Waals surface area (Å²) in [7, 11) is 1.39. The number of fused-ring (bicyclic) bond motifs is 17. The van der Waals surface area contributed by atoms with Crippen molar-refractivity contribution in [2.45, 2.75) is 56.3 Å². The minimum atomic E-state index is -1.69. The Bertz CT molecular complexity index is 2200. The molecule has 3 aromatic carbocycles. The molecular weight excluding hydrogens is 749 g/mol. The number of carbonyl (C=O) groups excluding carboxylic acids is 6. The van der Waals surface area contributed by atoms with Crippen LogP contribution in [0.15, 0.2) is 84.0 Å². The number of aliphatic carboxylic acids is 1. The molecule has 18 nitrogen and oxygen atoms in total. The summed E-state index contributed by atoms with van der Waals surface area (Å²) in [5.41, 5.74) is 20.5. The first-order chi connectivity index (χ1) is 27.7. The fraction of sp³-hybridized carbons (Fsp3) is 0.300. The van der Waals surface area contributed by atoms with E-state index in [9.17, 15) is 38.7 Å². The van der Waals surface area contributed by atoms with Crippen LogP contribution in [0.3, 0.4) is 0 Å². The molecule has 6 bridgehead atoms. The Kier molecular flexibility index (Phi) is 13.8. The average Bonchev–Trinajstić information content (AvgIpc) is 3.61. The van der Waals surface area contributed by atoms with Crippen molar-refractivity contribution in [1.82, 2.24) is 31.2 Å². The van der Waals surface area contributed by atoms with Gasteiger partial charge in [0.1, 0.15) is 24.2 Å². The van der Waals surface area contributed by atoms with E-state index < -0.39 is 78.5 Å². The Balaban J connectivity index is 1.54. The van der Waals surface area contributed by atoms with E-state index in [1.165, 1.54) is 7.05 Å². The molecule has 18 heteroatoms. The number of likely N-dealkylation sites (N-methyl/N-ethyl adjacent to an activating group) is 1. The molecule has 0 unspecified atom stereocenters. The highest BCUT2D eigenvalue weighted by Gasteiger charge is 2.34. The molecule has 6 amide bonds. The van der Waals surface area contributed by atoms with Crippen LogP contribution in [0.2, 0.25) is 0 Å². The van der Waals surface area contributed by atoms with Crippen LogP contribution in [0, 0.1) is 0 Å². The van der Waals surface area contributed by atoms with Crippen molar-refractivity contribution in [2.24, 2.45) is 22.2 Å². The number of carboxylic acids is 1. The number of carbonyl (C=O) groups is 7. The minimum Gasteiger partial charge on any atom is -0.481 e. The molecule has 2 aliphatic heterocycles. The van der Waals surface area contributed by atoms with E-state index in [1.807, 2.05) is 18.2 Å². The normalized spacial score (nSPS) is 19.7. The largest absolute Gasteiger partial charge is 0.481 e. The summed E-state index contributed by atoms with van der Waals surface area (Å²) in [6, 6.07) is 15.6. The van der Waals surface area contributed by atoms with Crippen LogP contribution in [0.4, 0.5) is 0 Å². The molecule has 0 radical (unpaired) electrons. The van der Waals surface area contributed by atoms with Gasteiger partial charge in [0.05, 0.1) is 18.5 Å². The molecule has 0 saturated heterocycles. The summed E-state index contributed by atoms with van der Waals surface area (Å²) >= 11 is 0. The molecule has 4 atom stereocenters. The Hall–Kier alpha value is -7.24. The molecule has 1 aromatic heterocycles. The van der Waals surface area contributed by atoms with E-state index >= 15 is 0 Å². The highest BCUT2D eigenvalue weighted by Crippen LogP contribution is 2.31. The lowest BCUT2D eigenvalue weighted by Gasteiger charge is -2.31. The Labute approximate surface area is 333 Å². The van der Waals surface area contributed by atoms with Crippen molar-refractivity contribution in [3.8, 4) is 11.1 Å². The van der Waals surface area contributed by atoms with Crippen molar-refractivity contribution < 1.29 is 38.7 Å². The number of primary amides is 1. The molecule has 12 N–H and O–H groups in total. The van der Waals surface area contributed by atoms with Crippen LogP contribution in [-0.4, -0.2) is 107 Å². The summed E-state index contributed by atoms with van der Waals surface area (Å²) < 4.78 is 0. The number of aliphatic imine (C=N–C) groups is 1. The van der Waals surface area contributed by atoms with Crippen LogP contribution < -0.4 is 38.5 Å². The Morgan fingerprint density at radius 1 is 0.828 bits per heavy atom. The zero-order chi connectivity index (χ0) is 41.9. The molecule has 304 valence electrons. The van der Waals surface area contributed by atoms with E-state index in [0.29, 0.717) is 11.1 Å². The maximum absolute atomic E-state index is 14.2. The molecule has 0 saturated carbocycles. The topological polar surface area (TPSA) is 297 Å². The van der Waals surface area contributed by atoms with Gasteiger partial charge in [-0.25, -0.2) is 0 Å². The number of nitrogens with one attached hydrogen (secondary N) is 5. The summed E-state index contributed by atoms with van der Waals surface area (Å²) in [6.07, 6.45) is 1.15. The van der Waals surface area contributed by atoms with Crippen molar-refractivity contribution >= 4 is 58.3 Å². The van der Waals surface area contributed by atoms with E-state index in [0.717, 1.165) is 26.9 Å². The first kappa shape index (κ1) is 41.9. The van der Waals surface area contributed by atoms with Crippen molar-refractivity contribution in [3.63, 3.8) is 0 Å². The minimum absolute atomic E-state index is 0.00266. The van der Waals surface area contributed by atoms with Crippen molar-refractivity contribution in [3.05, 3.63) is 95.7 Å². The molecule has 4 aromatic rings. The van der Waals surface area contributed by atoms with Gasteiger partial charge >= 0.3 is 5.97 Å². The standard InChI is InChI=1S/C40H46N10O8/c1-50-31(35(41)54)18-25-20-45-34-26(9-5-10-27(25)34)23-12-14-24(15-13-23)36(55)48-28(11-6-16-44-40(42)43)37(56)46-21-32(51)47-29(19-33(52)53)38(57)49-30(39(50)58)17-22-7-3-2-4-8-22/h2-5,7-10,12-15,20,28-31,45H,6,11,16-19,21H2,1H3,(H2,41,54)(H,46,56)(H,47,51)(H,48,55)(H,49,57)(H,52,53)(H4,42,43,44)/t28-,29-,30-,31+/m0/s1. The van der Waals surface area contributed by atoms with E-state index in [2.05, 4.69) is 31.2 Å². The third-order valence-electron chi connectivity index (χ3n) is 9.73. The third-order valence-corrected chi connectivity index (χ3v) is 9.73. The van der Waals surface area contributed by atoms with Crippen molar-refractivity contribution in [2.75, 3.05) is 20.1 Å². The first-order valence-electron chi connectivity index (χ1n) is 18.5. The number of para-hydroxylation sites is 1. The number of nitrogens with zero attached hydrogens (tertiary/aromatic N) is 2. The fourth-order valence-corrected chi connectivity index (χ4v) is 6.72. The monoisotopic (exact) mass is 794 g/mol. The number of aromatic amines is 1. The van der Waals surface area contributed by atoms with Gasteiger partial charge in [0.15, 0.2) is 5.96 Å². The summed E-state index contributed by atoms with van der Waals surface area (Å²) in [5.74, 6) is -6.35. The van der Waals surface area contributed by atoms with Gasteiger partial charge in [-0.2, -0.15) is 0 Å². The fourth-order valence-electron chi connectivity index (χ4n) is 6.72. The predicted molar refractivity (Wildman–Crippen MR) is 214 cm³/mol. The molecular formula is C40H46N10O8. The summed E-state index contributed by atoms with van der Waals surface area (Å²) in [6.45, 7) is -0.542. The zero-order valence-electron chi connectivity index (χ0n) is 31.7. The van der Waals surface area contributed by atoms with Crippen LogP contribution in [-0.2, 0) is 41.6 Å². The van der Waals surface area contributed by atoms with Gasteiger partial charge in [-0.3, -0.25) is 38.6 Å². The number of aromatic nitrogens is 1. The van der Waals surface area contributed by atoms with Crippen molar-refractivity contribution in [1.29, 1.82) is 0 Å². The number of guanidine groups is 1. The van der Waals surface area contributed by atoms with Crippen LogP contribution >= 0.6 is 0 Å². The van der Waals surface area contributed by atoms with Crippen LogP contribution in [0.25, 0.3) is 22.0 Å². The smallest absolute Gasteiger partial charge is 0.305 e. The van der Waals surface area contributed by atoms with Gasteiger partial charge in [-0.15, -0.1) is 0 Å². The third kappa shape index (κ3) is 10.7. The van der Waals surface area contributed by atoms with E-state index in [4.69, 9.17) is 17.2 Å². The molecule has 3 heterocycles. The number of rotatable bonds is 9. The number of carboxylic acid groups (broad SMARTS) is 1. The zero-order valence-corrected chi connectivity index (χ0v) is 31.7. The Morgan fingerprint density at radius 2 is 1.53 bits per heavy atom. The highest BCUT2D eigenvalue weighted by molar-refractivity contribution is 6.01. The lowest BCUT2D eigenvalue weighted by atomic mass is 9.97. The molecule has 6 rings (SSSR count). The number of nitrogens with two attached hydrogens (primary N) is 3. The molecule has 2 aliphatic rings. The van der Waals surface area contributed by atoms with Crippen LogP contribution in [0.5, 0.6) is 0 Å². The molecule has 0 fully saturated rings. The number of benzene rings is 3. The second-order valence-electron chi connectivity index (χ2n) is 13.9. The van der Waals surface area contributed by atoms with E-state index in [-0.39, 0.29) is 43.8 Å². The van der Waals surface area contributed by atoms with Gasteiger partial charge in [-0.05, 0) is 41.7 Å². The summed E-state index contributed by atoms with van der Waals surface area (Å²) in [5, 5.41) is 20.4. The Morgan fingerprint density at radius 3 is 2.21 bits per heavy atom. The number of hydrogen-bond acceptors (Lipinski definition) is 8. The van der Waals surface area contributed by atoms with Gasteiger partial charge < -0.3 is 53.5 Å². The second-order valence-corrected chi connectivity index (χ2v) is 13.9. The summed E-state index contributed by atoms with van der Waals surface area (Å²) in [4.78, 5) is 101. The van der Waals surface area contributed by atoms with Gasteiger partial charge in [0.25, 0.3) is 5.91 Å². The highest BCUT2D eigenvalue weighted by atomic mass is 16.4. The SMILES string of the molecule is CN1C(=O)[C@H](Cc2ccccc2)NC(=O)[C@H](CC(=O)O)NC(=O)CNC(=O)[C@H](CCCN=C(N)N)NC(=O)c2ccc(cc2)-c2cccc3c(c[nH]c23)C[C@@H]1C(N)=O. The van der Waals surface area contributed by atoms with Gasteiger partial charge in [-0.1, -0.05) is 60.7 Å². The predicted octanol–water partition coefficient (Wildman–Crippen LogP) is -0.341. The maximum Gasteiger partial charge on any atom is 0.305 e. The lowest BCUT2D eigenvalue weighted by molar-refractivity contribution is -0.143. The number of amides is 6. The lowest BCUT2D eigenvalue weighted by Crippen LogP contribution is -2.58. The van der Waals surface area contributed by atoms with Crippen LogP contribution in [0.1, 0.15) is 40.7 Å². The van der Waals surface area contributed by atoms with E-state index in [1.54, 1.807) is 60.8 Å². The first-order valence-corrected chi connectivity index (χ1v) is 18.5. The molecule has 0 aliphatic carbocycles. The number of hydrogen-bond donors (Lipinski definition) is 9. The molecule has 58 heavy (non-hydrogen) atoms. The second kappa shape index (κ2) is 19.1. The molecule has 0 spiro atoms.